The second-order valence-electron chi connectivity index (χ2n) is 8.08. The van der Waals surface area contributed by atoms with Crippen molar-refractivity contribution in [2.75, 3.05) is 38.5 Å². The van der Waals surface area contributed by atoms with E-state index in [2.05, 4.69) is 51.7 Å². The average Bonchev–Trinajstić information content (AvgIpc) is 2.77. The summed E-state index contributed by atoms with van der Waals surface area (Å²) in [6.07, 6.45) is 9.19. The van der Waals surface area contributed by atoms with Gasteiger partial charge in [-0.1, -0.05) is 24.3 Å². The molecular formula is C25H34N6S. The van der Waals surface area contributed by atoms with E-state index in [1.807, 2.05) is 37.5 Å². The van der Waals surface area contributed by atoms with Crippen LogP contribution in [0.2, 0.25) is 0 Å². The van der Waals surface area contributed by atoms with Crippen molar-refractivity contribution >= 4 is 38.1 Å². The van der Waals surface area contributed by atoms with Crippen LogP contribution in [0.15, 0.2) is 54.9 Å². The van der Waals surface area contributed by atoms with Gasteiger partial charge in [-0.15, -0.1) is 0 Å². The molecule has 1 aliphatic rings. The Bertz CT molecular complexity index is 1130. The van der Waals surface area contributed by atoms with Crippen LogP contribution in [0, 0.1) is 0 Å². The maximum absolute atomic E-state index is 5.97. The third-order valence-electron chi connectivity index (χ3n) is 5.14. The quantitative estimate of drug-likeness (QED) is 0.277. The molecule has 3 aromatic rings. The van der Waals surface area contributed by atoms with E-state index < -0.39 is 0 Å². The van der Waals surface area contributed by atoms with E-state index in [9.17, 15) is 0 Å². The molecule has 0 radical (unpaired) electrons. The minimum absolute atomic E-state index is 0.387. The third kappa shape index (κ3) is 6.56. The molecule has 0 unspecified atom stereocenters. The zero-order valence-corrected chi connectivity index (χ0v) is 20.2. The summed E-state index contributed by atoms with van der Waals surface area (Å²) in [5.41, 5.74) is 11.9. The monoisotopic (exact) mass is 450 g/mol. The van der Waals surface area contributed by atoms with Crippen LogP contribution in [0.3, 0.4) is 0 Å². The first kappa shape index (κ1) is 23.8. The van der Waals surface area contributed by atoms with Crippen molar-refractivity contribution in [3.63, 3.8) is 0 Å². The highest BCUT2D eigenvalue weighted by Crippen LogP contribution is 2.21. The van der Waals surface area contributed by atoms with Crippen molar-refractivity contribution in [1.29, 1.82) is 0 Å². The zero-order valence-electron chi connectivity index (χ0n) is 19.4. The van der Waals surface area contributed by atoms with E-state index in [1.165, 1.54) is 28.1 Å². The molecule has 4 rings (SSSR count). The summed E-state index contributed by atoms with van der Waals surface area (Å²) in [4.78, 5) is 4.26. The lowest BCUT2D eigenvalue weighted by Gasteiger charge is -2.17. The lowest BCUT2D eigenvalue weighted by molar-refractivity contribution is 0.486. The van der Waals surface area contributed by atoms with E-state index in [1.54, 1.807) is 13.2 Å². The summed E-state index contributed by atoms with van der Waals surface area (Å²) in [6.45, 7) is 2.17. The Morgan fingerprint density at radius 1 is 1.12 bits per heavy atom. The van der Waals surface area contributed by atoms with Crippen molar-refractivity contribution < 1.29 is 0 Å². The molecule has 6 N–H and O–H groups in total. The molecule has 0 fully saturated rings. The summed E-state index contributed by atoms with van der Waals surface area (Å²) in [6, 6.07) is 14.8. The van der Waals surface area contributed by atoms with Crippen molar-refractivity contribution in [2.24, 2.45) is 11.6 Å². The third-order valence-corrected chi connectivity index (χ3v) is 5.89. The standard InChI is InChI=1S/C13H17N5.C12H17NS/c1-16-13-6-11-5-9(12(14)8-18(2)15)3-4-10(11)7-17-13;1-14(2)9-10-3-4-11-5-6-13-8-12(11)7-10/h3-8H,14-15H2,1-2H3,(H,16,17);3-4,7,9,13H,5-6,8H2,1-2H3/b12-8-;. The van der Waals surface area contributed by atoms with Gasteiger partial charge in [0.15, 0.2) is 0 Å². The van der Waals surface area contributed by atoms with E-state index in [-0.39, 0.29) is 0 Å². The molecule has 6 nitrogen and oxygen atoms in total. The number of hydrogen-bond donors (Lipinski definition) is 4. The molecule has 0 spiro atoms. The number of rotatable bonds is 4. The van der Waals surface area contributed by atoms with Crippen LogP contribution in [0.4, 0.5) is 5.82 Å². The Labute approximate surface area is 193 Å². The van der Waals surface area contributed by atoms with Gasteiger partial charge >= 0.3 is 0 Å². The lowest BCUT2D eigenvalue weighted by Crippen LogP contribution is -2.23. The molecule has 0 bridgehead atoms. The Hall–Kier alpha value is -2.87. The first-order valence-corrected chi connectivity index (χ1v) is 12.7. The molecule has 170 valence electrons. The predicted molar refractivity (Wildman–Crippen MR) is 142 cm³/mol. The Balaban J connectivity index is 0.000000186. The second-order valence-corrected chi connectivity index (χ2v) is 10.1. The fourth-order valence-corrected chi connectivity index (χ4v) is 4.29. The van der Waals surface area contributed by atoms with E-state index in [0.717, 1.165) is 35.2 Å². The number of nitrogens with two attached hydrogens (primary N) is 2. The van der Waals surface area contributed by atoms with Crippen LogP contribution < -0.4 is 22.2 Å². The maximum Gasteiger partial charge on any atom is 0.126 e. The second kappa shape index (κ2) is 11.1. The van der Waals surface area contributed by atoms with Gasteiger partial charge in [-0.3, -0.25) is 0 Å². The summed E-state index contributed by atoms with van der Waals surface area (Å²) >= 11 is 0. The SMILES string of the molecule is CNc1cc2cc(/C(N)=C/N(C)N)ccc2cn1.CS(C)=Cc1ccc2c(c1)CNCC2. The molecular weight excluding hydrogens is 416 g/mol. The van der Waals surface area contributed by atoms with Crippen molar-refractivity contribution in [3.05, 3.63) is 77.1 Å². The number of nitrogens with one attached hydrogen (secondary N) is 2. The lowest BCUT2D eigenvalue weighted by atomic mass is 9.99. The van der Waals surface area contributed by atoms with Crippen molar-refractivity contribution in [2.45, 2.75) is 13.0 Å². The summed E-state index contributed by atoms with van der Waals surface area (Å²) in [5.74, 6) is 6.38. The summed E-state index contributed by atoms with van der Waals surface area (Å²) in [5, 5.41) is 12.4. The number of fused-ring (bicyclic) bond motifs is 2. The molecule has 0 amide bonds. The molecule has 0 aliphatic carbocycles. The van der Waals surface area contributed by atoms with Gasteiger partial charge in [0.05, 0.1) is 5.70 Å². The molecule has 7 heteroatoms. The first-order valence-electron chi connectivity index (χ1n) is 10.6. The van der Waals surface area contributed by atoms with Crippen LogP contribution in [-0.4, -0.2) is 48.5 Å². The number of hydrogen-bond acceptors (Lipinski definition) is 6. The fourth-order valence-electron chi connectivity index (χ4n) is 3.60. The number of aromatic nitrogens is 1. The molecule has 1 aromatic heterocycles. The molecule has 0 saturated carbocycles. The fraction of sp³-hybridized carbons (Fsp3) is 0.280. The van der Waals surface area contributed by atoms with E-state index in [0.29, 0.717) is 16.2 Å². The van der Waals surface area contributed by atoms with E-state index in [4.69, 9.17) is 11.6 Å². The minimum atomic E-state index is 0.387. The molecule has 0 saturated heterocycles. The van der Waals surface area contributed by atoms with Gasteiger partial charge in [0.2, 0.25) is 0 Å². The maximum atomic E-state index is 5.97. The van der Waals surface area contributed by atoms with Crippen LogP contribution in [0.25, 0.3) is 16.5 Å². The largest absolute Gasteiger partial charge is 0.397 e. The normalized spacial score (nSPS) is 13.2. The van der Waals surface area contributed by atoms with Gasteiger partial charge in [-0.2, -0.15) is 10.5 Å². The average molecular weight is 451 g/mol. The Morgan fingerprint density at radius 2 is 1.94 bits per heavy atom. The van der Waals surface area contributed by atoms with Crippen LogP contribution >= 0.6 is 10.5 Å². The molecule has 2 aromatic carbocycles. The molecule has 1 aliphatic heterocycles. The Morgan fingerprint density at radius 3 is 2.66 bits per heavy atom. The van der Waals surface area contributed by atoms with Gasteiger partial charge < -0.3 is 21.4 Å². The number of hydrazine groups is 1. The molecule has 32 heavy (non-hydrogen) atoms. The number of anilines is 1. The van der Waals surface area contributed by atoms with Crippen molar-refractivity contribution in [3.8, 4) is 0 Å². The smallest absolute Gasteiger partial charge is 0.126 e. The van der Waals surface area contributed by atoms with Crippen LogP contribution in [0.1, 0.15) is 22.3 Å². The highest BCUT2D eigenvalue weighted by atomic mass is 32.2. The van der Waals surface area contributed by atoms with Crippen molar-refractivity contribution in [1.82, 2.24) is 15.3 Å². The topological polar surface area (TPSA) is 92.2 Å². The minimum Gasteiger partial charge on any atom is -0.397 e. The zero-order chi connectivity index (χ0) is 23.1. The summed E-state index contributed by atoms with van der Waals surface area (Å²) in [7, 11) is 3.96. The number of nitrogens with zero attached hydrogens (tertiary/aromatic N) is 2. The van der Waals surface area contributed by atoms with Gasteiger partial charge in [-0.05, 0) is 76.7 Å². The molecule has 0 atom stereocenters. The van der Waals surface area contributed by atoms with E-state index >= 15 is 0 Å². The summed E-state index contributed by atoms with van der Waals surface area (Å²) < 4.78 is 0. The first-order chi connectivity index (χ1) is 15.4. The molecule has 2 heterocycles. The van der Waals surface area contributed by atoms with Gasteiger partial charge in [0.1, 0.15) is 5.82 Å². The highest BCUT2D eigenvalue weighted by Gasteiger charge is 2.07. The number of pyridine rings is 1. The Kier molecular flexibility index (Phi) is 8.27. The number of benzene rings is 2. The van der Waals surface area contributed by atoms with Gasteiger partial charge in [0, 0.05) is 38.4 Å². The highest BCUT2D eigenvalue weighted by molar-refractivity contribution is 8.14. The van der Waals surface area contributed by atoms with Gasteiger partial charge in [-0.25, -0.2) is 10.8 Å². The van der Waals surface area contributed by atoms with Crippen LogP contribution in [-0.2, 0) is 13.0 Å². The van der Waals surface area contributed by atoms with Crippen LogP contribution in [0.5, 0.6) is 0 Å². The van der Waals surface area contributed by atoms with Gasteiger partial charge in [0.25, 0.3) is 0 Å². The predicted octanol–water partition coefficient (Wildman–Crippen LogP) is 3.35.